The average Bonchev–Trinajstić information content (AvgIpc) is 2.37. The molecular formula is C16H23N. The van der Waals surface area contributed by atoms with E-state index in [1.54, 1.807) is 11.1 Å². The summed E-state index contributed by atoms with van der Waals surface area (Å²) < 4.78 is 0. The smallest absolute Gasteiger partial charge is 0.00196 e. The van der Waals surface area contributed by atoms with E-state index in [1.165, 1.54) is 38.8 Å². The minimum absolute atomic E-state index is 0.368. The van der Waals surface area contributed by atoms with E-state index in [0.29, 0.717) is 10.8 Å². The second-order valence-corrected chi connectivity index (χ2v) is 6.46. The minimum atomic E-state index is 0.368. The Morgan fingerprint density at radius 1 is 0.882 bits per heavy atom. The third-order valence-corrected chi connectivity index (χ3v) is 5.02. The van der Waals surface area contributed by atoms with Gasteiger partial charge in [0, 0.05) is 0 Å². The van der Waals surface area contributed by atoms with Crippen molar-refractivity contribution in [2.24, 2.45) is 0 Å². The van der Waals surface area contributed by atoms with Crippen molar-refractivity contribution < 1.29 is 0 Å². The molecule has 92 valence electrons. The number of hydrogen-bond donors (Lipinski definition) is 1. The van der Waals surface area contributed by atoms with E-state index in [1.807, 2.05) is 0 Å². The maximum atomic E-state index is 3.51. The van der Waals surface area contributed by atoms with E-state index in [2.05, 4.69) is 43.4 Å². The van der Waals surface area contributed by atoms with Crippen LogP contribution in [0.3, 0.4) is 0 Å². The Labute approximate surface area is 105 Å². The highest BCUT2D eigenvalue weighted by Gasteiger charge is 2.42. The first-order valence-electron chi connectivity index (χ1n) is 6.95. The molecule has 1 heterocycles. The first-order valence-corrected chi connectivity index (χ1v) is 6.95. The van der Waals surface area contributed by atoms with Crippen LogP contribution in [0.2, 0.25) is 0 Å². The number of piperidine rings is 1. The van der Waals surface area contributed by atoms with Crippen LogP contribution in [0.15, 0.2) is 24.3 Å². The average molecular weight is 229 g/mol. The third-order valence-electron chi connectivity index (χ3n) is 5.02. The lowest BCUT2D eigenvalue weighted by Crippen LogP contribution is -2.45. The summed E-state index contributed by atoms with van der Waals surface area (Å²) in [6, 6.07) is 9.19. The second-order valence-electron chi connectivity index (χ2n) is 6.46. The van der Waals surface area contributed by atoms with Crippen LogP contribution in [-0.4, -0.2) is 13.1 Å². The predicted octanol–water partition coefficient (Wildman–Crippen LogP) is 3.38. The molecule has 3 rings (SSSR count). The van der Waals surface area contributed by atoms with Gasteiger partial charge in [0.2, 0.25) is 0 Å². The predicted molar refractivity (Wildman–Crippen MR) is 72.5 cm³/mol. The van der Waals surface area contributed by atoms with Crippen molar-refractivity contribution in [3.05, 3.63) is 35.4 Å². The Hall–Kier alpha value is -0.820. The lowest BCUT2D eigenvalue weighted by molar-refractivity contribution is 0.232. The molecule has 0 unspecified atom stereocenters. The van der Waals surface area contributed by atoms with Gasteiger partial charge in [-0.05, 0) is 60.7 Å². The molecule has 0 radical (unpaired) electrons. The van der Waals surface area contributed by atoms with Gasteiger partial charge < -0.3 is 5.32 Å². The number of benzene rings is 1. The van der Waals surface area contributed by atoms with E-state index in [9.17, 15) is 0 Å². The van der Waals surface area contributed by atoms with Crippen LogP contribution < -0.4 is 5.32 Å². The summed E-state index contributed by atoms with van der Waals surface area (Å²) in [7, 11) is 0. The summed E-state index contributed by atoms with van der Waals surface area (Å²) >= 11 is 0. The van der Waals surface area contributed by atoms with Gasteiger partial charge in [-0.1, -0.05) is 38.1 Å². The van der Waals surface area contributed by atoms with Crippen LogP contribution >= 0.6 is 0 Å². The van der Waals surface area contributed by atoms with E-state index < -0.39 is 0 Å². The van der Waals surface area contributed by atoms with Crippen molar-refractivity contribution in [2.75, 3.05) is 13.1 Å². The SMILES string of the molecule is CC1(C)CCC2(CCNCC2)c2ccccc21. The summed E-state index contributed by atoms with van der Waals surface area (Å²) in [6.45, 7) is 7.18. The molecule has 0 amide bonds. The van der Waals surface area contributed by atoms with Crippen LogP contribution in [0.4, 0.5) is 0 Å². The Kier molecular flexibility index (Phi) is 2.55. The Bertz CT molecular complexity index is 413. The molecule has 0 atom stereocenters. The molecule has 1 aromatic rings. The highest BCUT2D eigenvalue weighted by atomic mass is 14.9. The lowest BCUT2D eigenvalue weighted by atomic mass is 9.58. The van der Waals surface area contributed by atoms with Crippen molar-refractivity contribution in [3.8, 4) is 0 Å². The van der Waals surface area contributed by atoms with E-state index >= 15 is 0 Å². The normalized spacial score (nSPS) is 25.5. The molecule has 1 aliphatic heterocycles. The molecule has 1 saturated heterocycles. The van der Waals surface area contributed by atoms with Gasteiger partial charge in [0.15, 0.2) is 0 Å². The molecule has 0 aromatic heterocycles. The van der Waals surface area contributed by atoms with E-state index in [4.69, 9.17) is 0 Å². The van der Waals surface area contributed by atoms with Crippen LogP contribution in [0.5, 0.6) is 0 Å². The topological polar surface area (TPSA) is 12.0 Å². The maximum Gasteiger partial charge on any atom is -0.00196 e. The number of rotatable bonds is 0. The van der Waals surface area contributed by atoms with Crippen LogP contribution in [0.25, 0.3) is 0 Å². The second kappa shape index (κ2) is 3.84. The molecule has 1 spiro atoms. The number of hydrogen-bond acceptors (Lipinski definition) is 1. The van der Waals surface area contributed by atoms with E-state index in [0.717, 1.165) is 0 Å². The molecule has 17 heavy (non-hydrogen) atoms. The van der Waals surface area contributed by atoms with Crippen molar-refractivity contribution >= 4 is 0 Å². The van der Waals surface area contributed by atoms with Crippen LogP contribution in [0, 0.1) is 0 Å². The zero-order valence-electron chi connectivity index (χ0n) is 11.1. The van der Waals surface area contributed by atoms with Crippen LogP contribution in [-0.2, 0) is 10.8 Å². The quantitative estimate of drug-likeness (QED) is 0.719. The number of nitrogens with one attached hydrogen (secondary N) is 1. The van der Waals surface area contributed by atoms with Crippen molar-refractivity contribution in [2.45, 2.75) is 50.4 Å². The molecule has 1 nitrogen and oxygen atoms in total. The lowest BCUT2D eigenvalue weighted by Gasteiger charge is -2.47. The molecule has 1 heteroatoms. The third kappa shape index (κ3) is 1.72. The Balaban J connectivity index is 2.10. The molecule has 1 aliphatic carbocycles. The van der Waals surface area contributed by atoms with Gasteiger partial charge in [-0.2, -0.15) is 0 Å². The minimum Gasteiger partial charge on any atom is -0.317 e. The highest BCUT2D eigenvalue weighted by Crippen LogP contribution is 2.49. The standard InChI is InChI=1S/C16H23N/c1-15(2)7-8-16(9-11-17-12-10-16)14-6-4-3-5-13(14)15/h3-6,17H,7-12H2,1-2H3. The van der Waals surface area contributed by atoms with Crippen molar-refractivity contribution in [1.82, 2.24) is 5.32 Å². The Morgan fingerprint density at radius 2 is 1.53 bits per heavy atom. The highest BCUT2D eigenvalue weighted by molar-refractivity contribution is 5.42. The van der Waals surface area contributed by atoms with Gasteiger partial charge in [0.25, 0.3) is 0 Å². The number of fused-ring (bicyclic) bond motifs is 2. The van der Waals surface area contributed by atoms with Gasteiger partial charge in [-0.15, -0.1) is 0 Å². The first-order chi connectivity index (χ1) is 8.14. The zero-order valence-corrected chi connectivity index (χ0v) is 11.1. The Morgan fingerprint density at radius 3 is 2.24 bits per heavy atom. The summed E-state index contributed by atoms with van der Waals surface area (Å²) in [5.74, 6) is 0. The van der Waals surface area contributed by atoms with Crippen molar-refractivity contribution in [1.29, 1.82) is 0 Å². The monoisotopic (exact) mass is 229 g/mol. The fourth-order valence-corrected chi connectivity index (χ4v) is 3.78. The molecule has 1 N–H and O–H groups in total. The molecule has 1 aromatic carbocycles. The summed E-state index contributed by atoms with van der Waals surface area (Å²) in [5, 5.41) is 3.51. The van der Waals surface area contributed by atoms with Gasteiger partial charge in [-0.25, -0.2) is 0 Å². The van der Waals surface area contributed by atoms with Gasteiger partial charge in [0.1, 0.15) is 0 Å². The first kappa shape index (κ1) is 11.3. The van der Waals surface area contributed by atoms with Gasteiger partial charge >= 0.3 is 0 Å². The van der Waals surface area contributed by atoms with E-state index in [-0.39, 0.29) is 0 Å². The molecule has 0 bridgehead atoms. The summed E-state index contributed by atoms with van der Waals surface area (Å²) in [5.41, 5.74) is 4.11. The van der Waals surface area contributed by atoms with Crippen molar-refractivity contribution in [3.63, 3.8) is 0 Å². The largest absolute Gasteiger partial charge is 0.317 e. The van der Waals surface area contributed by atoms with Crippen LogP contribution in [0.1, 0.15) is 50.7 Å². The zero-order chi connectivity index (χ0) is 11.9. The molecule has 1 fully saturated rings. The maximum absolute atomic E-state index is 3.51. The van der Waals surface area contributed by atoms with Gasteiger partial charge in [-0.3, -0.25) is 0 Å². The summed E-state index contributed by atoms with van der Waals surface area (Å²) in [6.07, 6.45) is 5.35. The fourth-order valence-electron chi connectivity index (χ4n) is 3.78. The molecule has 2 aliphatic rings. The fraction of sp³-hybridized carbons (Fsp3) is 0.625. The summed E-state index contributed by atoms with van der Waals surface area (Å²) in [4.78, 5) is 0. The molecular weight excluding hydrogens is 206 g/mol. The molecule has 0 saturated carbocycles. The van der Waals surface area contributed by atoms with Gasteiger partial charge in [0.05, 0.1) is 0 Å².